The van der Waals surface area contributed by atoms with Crippen molar-refractivity contribution in [3.63, 3.8) is 0 Å². The number of hydrogen-bond acceptors (Lipinski definition) is 4. The highest BCUT2D eigenvalue weighted by Gasteiger charge is 2.40. The van der Waals surface area contributed by atoms with E-state index < -0.39 is 5.79 Å². The molecule has 0 aromatic heterocycles. The van der Waals surface area contributed by atoms with Crippen LogP contribution in [0.15, 0.2) is 48.2 Å². The van der Waals surface area contributed by atoms with Crippen molar-refractivity contribution in [2.24, 2.45) is 0 Å². The van der Waals surface area contributed by atoms with Gasteiger partial charge in [-0.25, -0.2) is 0 Å². The van der Waals surface area contributed by atoms with Gasteiger partial charge in [0.15, 0.2) is 5.79 Å². The smallest absolute Gasteiger partial charge is 0.172 e. The van der Waals surface area contributed by atoms with Crippen LogP contribution >= 0.6 is 0 Å². The lowest BCUT2D eigenvalue weighted by atomic mass is 9.86. The number of ether oxygens (including phenoxy) is 2. The molecule has 4 nitrogen and oxygen atoms in total. The maximum atomic E-state index is 9.55. The van der Waals surface area contributed by atoms with Gasteiger partial charge in [0.25, 0.3) is 0 Å². The molecule has 0 unspecified atom stereocenters. The summed E-state index contributed by atoms with van der Waals surface area (Å²) in [6, 6.07) is 7.34. The first kappa shape index (κ1) is 15.1. The van der Waals surface area contributed by atoms with E-state index in [4.69, 9.17) is 9.47 Å². The van der Waals surface area contributed by atoms with Crippen LogP contribution in [-0.4, -0.2) is 36.1 Å². The molecule has 1 aliphatic heterocycles. The first-order chi connectivity index (χ1) is 10.6. The molecule has 0 amide bonds. The molecule has 1 heterocycles. The molecule has 118 valence electrons. The monoisotopic (exact) mass is 301 g/mol. The summed E-state index contributed by atoms with van der Waals surface area (Å²) in [5.41, 5.74) is 3.42. The summed E-state index contributed by atoms with van der Waals surface area (Å²) in [7, 11) is 2.03. The highest BCUT2D eigenvalue weighted by molar-refractivity contribution is 5.33. The molecule has 2 aliphatic rings. The third-order valence-corrected chi connectivity index (χ3v) is 4.25. The molecule has 1 saturated carbocycles. The van der Waals surface area contributed by atoms with Crippen LogP contribution in [0.25, 0.3) is 0 Å². The Morgan fingerprint density at radius 2 is 2.14 bits per heavy atom. The van der Waals surface area contributed by atoms with Crippen LogP contribution < -0.4 is 0 Å². The van der Waals surface area contributed by atoms with E-state index in [1.54, 1.807) is 12.1 Å². The van der Waals surface area contributed by atoms with Crippen LogP contribution in [0.1, 0.15) is 24.8 Å². The Labute approximate surface area is 131 Å². The summed E-state index contributed by atoms with van der Waals surface area (Å²) in [5, 5.41) is 9.55. The Hall–Kier alpha value is -1.78. The number of benzene rings is 1. The summed E-state index contributed by atoms with van der Waals surface area (Å²) < 4.78 is 11.6. The van der Waals surface area contributed by atoms with Crippen molar-refractivity contribution in [1.82, 2.24) is 4.90 Å². The minimum absolute atomic E-state index is 0.298. The zero-order chi connectivity index (χ0) is 15.6. The van der Waals surface area contributed by atoms with E-state index in [-0.39, 0.29) is 0 Å². The van der Waals surface area contributed by atoms with Crippen molar-refractivity contribution < 1.29 is 14.6 Å². The third-order valence-electron chi connectivity index (χ3n) is 4.25. The number of allylic oxidation sites excluding steroid dienone is 1. The van der Waals surface area contributed by atoms with Crippen LogP contribution in [0, 0.1) is 0 Å². The van der Waals surface area contributed by atoms with Gasteiger partial charge >= 0.3 is 0 Å². The minimum atomic E-state index is -0.432. The molecule has 22 heavy (non-hydrogen) atoms. The lowest BCUT2D eigenvalue weighted by molar-refractivity contribution is -0.163. The van der Waals surface area contributed by atoms with E-state index in [1.807, 2.05) is 19.2 Å². The fourth-order valence-corrected chi connectivity index (χ4v) is 3.14. The summed E-state index contributed by atoms with van der Waals surface area (Å²) in [6.45, 7) is 6.27. The molecule has 0 atom stereocenters. The van der Waals surface area contributed by atoms with Crippen molar-refractivity contribution in [2.45, 2.75) is 31.6 Å². The van der Waals surface area contributed by atoms with Crippen LogP contribution in [0.3, 0.4) is 0 Å². The molecule has 0 bridgehead atoms. The summed E-state index contributed by atoms with van der Waals surface area (Å²) >= 11 is 0. The Bertz CT molecular complexity index is 588. The highest BCUT2D eigenvalue weighted by Crippen LogP contribution is 2.40. The zero-order valence-corrected chi connectivity index (χ0v) is 13.0. The molecule has 1 spiro atoms. The van der Waals surface area contributed by atoms with Gasteiger partial charge < -0.3 is 19.5 Å². The first-order valence-electron chi connectivity index (χ1n) is 7.71. The lowest BCUT2D eigenvalue weighted by Gasteiger charge is -2.34. The number of nitrogens with zero attached hydrogens (tertiary/aromatic N) is 1. The Morgan fingerprint density at radius 3 is 2.86 bits per heavy atom. The summed E-state index contributed by atoms with van der Waals surface area (Å²) in [5.74, 6) is -0.133. The SMILES string of the molecule is C=C1CCC2(C/C1=C/N(C)Cc1cccc(O)c1)OCCO2. The lowest BCUT2D eigenvalue weighted by Crippen LogP contribution is -2.34. The second kappa shape index (κ2) is 6.15. The molecule has 1 N–H and O–H groups in total. The number of phenols is 1. The predicted molar refractivity (Wildman–Crippen MR) is 85.3 cm³/mol. The summed E-state index contributed by atoms with van der Waals surface area (Å²) in [6.07, 6.45) is 4.68. The molecule has 1 saturated heterocycles. The van der Waals surface area contributed by atoms with Crippen LogP contribution in [0.4, 0.5) is 0 Å². The largest absolute Gasteiger partial charge is 0.508 e. The van der Waals surface area contributed by atoms with Gasteiger partial charge in [-0.15, -0.1) is 0 Å². The average Bonchev–Trinajstić information content (AvgIpc) is 2.91. The molecular weight excluding hydrogens is 278 g/mol. The molecular formula is C18H23NO3. The Balaban J connectivity index is 1.70. The fraction of sp³-hybridized carbons (Fsp3) is 0.444. The van der Waals surface area contributed by atoms with Crippen molar-refractivity contribution in [3.05, 3.63) is 53.8 Å². The number of hydrogen-bond donors (Lipinski definition) is 1. The normalized spacial score (nSPS) is 22.4. The van der Waals surface area contributed by atoms with Gasteiger partial charge in [0.1, 0.15) is 5.75 Å². The van der Waals surface area contributed by atoms with E-state index in [1.165, 1.54) is 5.57 Å². The molecule has 4 heteroatoms. The average molecular weight is 301 g/mol. The zero-order valence-electron chi connectivity index (χ0n) is 13.0. The second-order valence-electron chi connectivity index (χ2n) is 6.13. The maximum Gasteiger partial charge on any atom is 0.172 e. The maximum absolute atomic E-state index is 9.55. The third kappa shape index (κ3) is 3.34. The van der Waals surface area contributed by atoms with E-state index in [2.05, 4.69) is 17.7 Å². The Kier molecular flexibility index (Phi) is 4.23. The molecule has 1 aliphatic carbocycles. The van der Waals surface area contributed by atoms with Crippen molar-refractivity contribution >= 4 is 0 Å². The highest BCUT2D eigenvalue weighted by atomic mass is 16.7. The van der Waals surface area contributed by atoms with E-state index in [0.29, 0.717) is 19.0 Å². The topological polar surface area (TPSA) is 41.9 Å². The first-order valence-corrected chi connectivity index (χ1v) is 7.71. The van der Waals surface area contributed by atoms with E-state index in [0.717, 1.165) is 36.9 Å². The standard InChI is InChI=1S/C18H23NO3/c1-14-6-7-18(21-8-9-22-18)11-16(14)13-19(2)12-15-4-3-5-17(20)10-15/h3-5,10,13,20H,1,6-9,11-12H2,2H3/b16-13-. The van der Waals surface area contributed by atoms with Crippen LogP contribution in [0.5, 0.6) is 5.75 Å². The van der Waals surface area contributed by atoms with Gasteiger partial charge in [-0.2, -0.15) is 0 Å². The van der Waals surface area contributed by atoms with E-state index >= 15 is 0 Å². The van der Waals surface area contributed by atoms with Crippen molar-refractivity contribution in [3.8, 4) is 5.75 Å². The van der Waals surface area contributed by atoms with Gasteiger partial charge in [-0.05, 0) is 29.7 Å². The Morgan fingerprint density at radius 1 is 1.36 bits per heavy atom. The van der Waals surface area contributed by atoms with Gasteiger partial charge in [0.05, 0.1) is 13.2 Å². The molecule has 1 aromatic carbocycles. The van der Waals surface area contributed by atoms with Gasteiger partial charge in [0, 0.05) is 32.6 Å². The molecule has 2 fully saturated rings. The molecule has 0 radical (unpaired) electrons. The number of aromatic hydroxyl groups is 1. The fourth-order valence-electron chi connectivity index (χ4n) is 3.14. The van der Waals surface area contributed by atoms with Gasteiger partial charge in [-0.1, -0.05) is 24.3 Å². The molecule has 1 aromatic rings. The van der Waals surface area contributed by atoms with Crippen molar-refractivity contribution in [1.29, 1.82) is 0 Å². The number of rotatable bonds is 3. The second-order valence-corrected chi connectivity index (χ2v) is 6.13. The van der Waals surface area contributed by atoms with Crippen molar-refractivity contribution in [2.75, 3.05) is 20.3 Å². The van der Waals surface area contributed by atoms with Gasteiger partial charge in [-0.3, -0.25) is 0 Å². The van der Waals surface area contributed by atoms with Gasteiger partial charge in [0.2, 0.25) is 0 Å². The summed E-state index contributed by atoms with van der Waals surface area (Å²) in [4.78, 5) is 2.11. The quantitative estimate of drug-likeness (QED) is 0.931. The van der Waals surface area contributed by atoms with Crippen LogP contribution in [-0.2, 0) is 16.0 Å². The predicted octanol–water partition coefficient (Wildman–Crippen LogP) is 3.19. The molecule has 3 rings (SSSR count). The van der Waals surface area contributed by atoms with E-state index in [9.17, 15) is 5.11 Å². The number of phenolic OH excluding ortho intramolecular Hbond substituents is 1. The van der Waals surface area contributed by atoms with Crippen LogP contribution in [0.2, 0.25) is 0 Å². The minimum Gasteiger partial charge on any atom is -0.508 e.